The Kier molecular flexibility index (Phi) is 9.08. The number of allylic oxidation sites excluding steroid dienone is 3. The van der Waals surface area contributed by atoms with Crippen LogP contribution in [0.25, 0.3) is 0 Å². The molecule has 0 aromatic rings. The highest BCUT2D eigenvalue weighted by Crippen LogP contribution is 2.71. The lowest BCUT2D eigenvalue weighted by molar-refractivity contribution is -0.160. The molecule has 1 spiro atoms. The molecule has 0 unspecified atom stereocenters. The Morgan fingerprint density at radius 3 is 2.40 bits per heavy atom. The van der Waals surface area contributed by atoms with Gasteiger partial charge >= 0.3 is 16.4 Å². The van der Waals surface area contributed by atoms with Crippen molar-refractivity contribution in [2.75, 3.05) is 0 Å². The summed E-state index contributed by atoms with van der Waals surface area (Å²) in [5.74, 6) is 1.82. The van der Waals surface area contributed by atoms with E-state index >= 15 is 0 Å². The number of aliphatic hydroxyl groups excluding tert-OH is 1. The first kappa shape index (κ1) is 33.1. The highest BCUT2D eigenvalue weighted by atomic mass is 32.3. The topological polar surface area (TPSA) is 149 Å². The zero-order valence-corrected chi connectivity index (χ0v) is 27.7. The fraction of sp³-hybridized carbons (Fsp3) is 0.848. The van der Waals surface area contributed by atoms with E-state index in [4.69, 9.17) is 23.9 Å². The van der Waals surface area contributed by atoms with Gasteiger partial charge in [0.15, 0.2) is 0 Å². The second kappa shape index (κ2) is 11.8. The van der Waals surface area contributed by atoms with Gasteiger partial charge in [0, 0.05) is 11.8 Å². The normalized spacial score (nSPS) is 40.0. The van der Waals surface area contributed by atoms with E-state index in [1.165, 1.54) is 11.1 Å². The summed E-state index contributed by atoms with van der Waals surface area (Å²) in [5.41, 5.74) is 8.06. The lowest BCUT2D eigenvalue weighted by Crippen LogP contribution is -2.58. The van der Waals surface area contributed by atoms with Gasteiger partial charge in [-0.25, -0.2) is 4.18 Å². The molecule has 5 rings (SSSR count). The smallest absolute Gasteiger partial charge is 0.397 e. The number of rotatable bonds is 10. The first-order valence-corrected chi connectivity index (χ1v) is 17.8. The van der Waals surface area contributed by atoms with Gasteiger partial charge < -0.3 is 20.3 Å². The van der Waals surface area contributed by atoms with E-state index in [1.807, 2.05) is 0 Å². The molecule has 4 N–H and O–H groups in total. The summed E-state index contributed by atoms with van der Waals surface area (Å²) >= 11 is 0. The fourth-order valence-corrected chi connectivity index (χ4v) is 9.78. The van der Waals surface area contributed by atoms with Crippen LogP contribution in [0.4, 0.5) is 0 Å². The predicted molar refractivity (Wildman–Crippen MR) is 163 cm³/mol. The zero-order chi connectivity index (χ0) is 31.6. The van der Waals surface area contributed by atoms with Gasteiger partial charge in [0.05, 0.1) is 0 Å². The number of nitrogens with two attached hydrogens (primary N) is 1. The lowest BCUT2D eigenvalue weighted by Gasteiger charge is -2.54. The van der Waals surface area contributed by atoms with E-state index in [1.54, 1.807) is 13.8 Å². The largest absolute Gasteiger partial charge is 0.461 e. The maximum atomic E-state index is 13.0. The van der Waals surface area contributed by atoms with Crippen molar-refractivity contribution in [1.82, 2.24) is 0 Å². The van der Waals surface area contributed by atoms with E-state index in [2.05, 4.69) is 46.8 Å². The molecule has 0 aromatic carbocycles. The molecule has 0 amide bonds. The maximum Gasteiger partial charge on any atom is 0.397 e. The van der Waals surface area contributed by atoms with Gasteiger partial charge in [-0.15, -0.1) is 0 Å². The number of fused-ring (bicyclic) bond motifs is 3. The van der Waals surface area contributed by atoms with Crippen LogP contribution in [0.1, 0.15) is 93.4 Å². The van der Waals surface area contributed by atoms with Crippen LogP contribution >= 0.6 is 0 Å². The van der Waals surface area contributed by atoms with Crippen LogP contribution in [0.3, 0.4) is 0 Å². The maximum absolute atomic E-state index is 13.0. The number of epoxide rings is 1. The van der Waals surface area contributed by atoms with Gasteiger partial charge in [0.25, 0.3) is 0 Å². The second-order valence-corrected chi connectivity index (χ2v) is 16.2. The SMILES string of the molecule is CC(C)[C@@H](C)/C=C/[C@@H](C)[C@H]1CCC2=C3[C@@H](O)[C@@H]4O[C@@]45C[C@@H](OC(=O)[C@@H](N)[C@@H](OS(=O)(=O)O)C(C)C)CC[C@]5(C)[C@H]3CC[C@@H]21. The van der Waals surface area contributed by atoms with Gasteiger partial charge in [-0.1, -0.05) is 66.2 Å². The molecule has 244 valence electrons. The molecule has 43 heavy (non-hydrogen) atoms. The number of carbonyl (C=O) groups is 1. The van der Waals surface area contributed by atoms with Gasteiger partial charge in [0.1, 0.15) is 36.1 Å². The summed E-state index contributed by atoms with van der Waals surface area (Å²) in [5, 5.41) is 11.7. The number of hydrogen-bond donors (Lipinski definition) is 3. The van der Waals surface area contributed by atoms with Crippen molar-refractivity contribution in [2.24, 2.45) is 52.6 Å². The van der Waals surface area contributed by atoms with Crippen molar-refractivity contribution in [3.63, 3.8) is 0 Å². The summed E-state index contributed by atoms with van der Waals surface area (Å²) in [6.45, 7) is 14.8. The highest BCUT2D eigenvalue weighted by Gasteiger charge is 2.77. The van der Waals surface area contributed by atoms with Crippen LogP contribution in [-0.2, 0) is 28.9 Å². The second-order valence-electron chi connectivity index (χ2n) is 15.1. The zero-order valence-electron chi connectivity index (χ0n) is 26.9. The van der Waals surface area contributed by atoms with Crippen molar-refractivity contribution < 1.29 is 36.5 Å². The Labute approximate surface area is 257 Å². The molecule has 0 bridgehead atoms. The molecule has 12 atom stereocenters. The molecule has 1 heterocycles. The minimum Gasteiger partial charge on any atom is -0.461 e. The summed E-state index contributed by atoms with van der Waals surface area (Å²) in [7, 11) is -4.79. The molecule has 10 heteroatoms. The molecule has 4 aliphatic carbocycles. The van der Waals surface area contributed by atoms with Crippen LogP contribution in [0.5, 0.6) is 0 Å². The van der Waals surface area contributed by atoms with Gasteiger partial charge in [-0.2, -0.15) is 8.42 Å². The molecule has 9 nitrogen and oxygen atoms in total. The standard InChI is InChI=1S/C33H53NO8S/c1-17(2)19(5)8-9-20(6)22-10-11-24-23(22)12-13-25-26(24)28(35)30-33(41-30)16-21(14-15-32(25,33)7)40-31(36)27(34)29(18(3)4)42-43(37,38)39/h8-9,17-23,25,27-30,35H,10-16,34H2,1-7H3,(H,37,38,39)/b9-8+/t19-,20+,21-,22+,23+,25-,27-,28+,29-,30-,32+,33-/m0/s1. The molecule has 0 aromatic heterocycles. The summed E-state index contributed by atoms with van der Waals surface area (Å²) in [6, 6.07) is -1.38. The number of hydrogen-bond acceptors (Lipinski definition) is 8. The first-order chi connectivity index (χ1) is 20.0. The molecule has 1 aliphatic heterocycles. The van der Waals surface area contributed by atoms with Gasteiger partial charge in [-0.05, 0) is 85.5 Å². The third-order valence-electron chi connectivity index (χ3n) is 12.1. The van der Waals surface area contributed by atoms with E-state index in [0.717, 1.165) is 32.1 Å². The summed E-state index contributed by atoms with van der Waals surface area (Å²) < 4.78 is 48.8. The monoisotopic (exact) mass is 623 g/mol. The van der Waals surface area contributed by atoms with Crippen LogP contribution in [0, 0.1) is 46.8 Å². The van der Waals surface area contributed by atoms with E-state index < -0.39 is 52.2 Å². The number of aliphatic hydroxyl groups is 1. The minimum atomic E-state index is -4.79. The Bertz CT molecular complexity index is 1250. The molecular weight excluding hydrogens is 570 g/mol. The van der Waals surface area contributed by atoms with E-state index in [-0.39, 0.29) is 17.4 Å². The average molecular weight is 624 g/mol. The van der Waals surface area contributed by atoms with Crippen molar-refractivity contribution in [3.05, 3.63) is 23.3 Å². The first-order valence-electron chi connectivity index (χ1n) is 16.4. The molecule has 5 aliphatic rings. The van der Waals surface area contributed by atoms with Crippen LogP contribution in [0.2, 0.25) is 0 Å². The summed E-state index contributed by atoms with van der Waals surface area (Å²) in [4.78, 5) is 13.0. The van der Waals surface area contributed by atoms with Gasteiger partial charge in [-0.3, -0.25) is 9.35 Å². The number of esters is 1. The van der Waals surface area contributed by atoms with Crippen LogP contribution in [-0.4, -0.2) is 60.1 Å². The number of ether oxygens (including phenoxy) is 2. The Morgan fingerprint density at radius 1 is 1.07 bits per heavy atom. The van der Waals surface area contributed by atoms with Crippen molar-refractivity contribution >= 4 is 16.4 Å². The van der Waals surface area contributed by atoms with E-state index in [9.17, 15) is 18.3 Å². The predicted octanol–water partition coefficient (Wildman–Crippen LogP) is 4.99. The van der Waals surface area contributed by atoms with Crippen molar-refractivity contribution in [2.45, 2.75) is 129 Å². The fourth-order valence-electron chi connectivity index (χ4n) is 9.16. The molecule has 0 radical (unpaired) electrons. The van der Waals surface area contributed by atoms with Crippen LogP contribution < -0.4 is 5.73 Å². The van der Waals surface area contributed by atoms with Crippen LogP contribution in [0.15, 0.2) is 23.3 Å². The Hall–Kier alpha value is -1.30. The van der Waals surface area contributed by atoms with Gasteiger partial charge in [0.2, 0.25) is 0 Å². The lowest BCUT2D eigenvalue weighted by atomic mass is 9.49. The quantitative estimate of drug-likeness (QED) is 0.132. The molecule has 3 saturated carbocycles. The van der Waals surface area contributed by atoms with Crippen molar-refractivity contribution in [3.8, 4) is 0 Å². The Morgan fingerprint density at radius 2 is 1.77 bits per heavy atom. The number of carbonyl (C=O) groups excluding carboxylic acids is 1. The van der Waals surface area contributed by atoms with Crippen molar-refractivity contribution in [1.29, 1.82) is 0 Å². The Balaban J connectivity index is 1.30. The minimum absolute atomic E-state index is 0.167. The third kappa shape index (κ3) is 5.89. The molecular formula is C33H53NO8S. The summed E-state index contributed by atoms with van der Waals surface area (Å²) in [6.07, 6.45) is 8.39. The molecule has 4 fully saturated rings. The third-order valence-corrected chi connectivity index (χ3v) is 12.5. The highest BCUT2D eigenvalue weighted by molar-refractivity contribution is 7.80. The molecule has 1 saturated heterocycles. The average Bonchev–Trinajstić information content (AvgIpc) is 3.50. The van der Waals surface area contributed by atoms with E-state index in [0.29, 0.717) is 42.4 Å².